The third-order valence-electron chi connectivity index (χ3n) is 2.84. The molecule has 0 saturated heterocycles. The highest BCUT2D eigenvalue weighted by atomic mass is 32.1. The summed E-state index contributed by atoms with van der Waals surface area (Å²) in [6.45, 7) is 0.612. The molecule has 0 saturated carbocycles. The zero-order valence-corrected chi connectivity index (χ0v) is 11.0. The van der Waals surface area contributed by atoms with Crippen LogP contribution in [0.1, 0.15) is 5.69 Å². The minimum Gasteiger partial charge on any atom is -0.294 e. The van der Waals surface area contributed by atoms with Crippen molar-refractivity contribution in [3.8, 4) is 11.4 Å². The van der Waals surface area contributed by atoms with Gasteiger partial charge in [0.15, 0.2) is 10.6 Å². The van der Waals surface area contributed by atoms with Crippen LogP contribution in [0.25, 0.3) is 11.4 Å². The number of benzene rings is 1. The predicted octanol–water partition coefficient (Wildman–Crippen LogP) is 3.05. The summed E-state index contributed by atoms with van der Waals surface area (Å²) in [6.07, 6.45) is 1.78. The van der Waals surface area contributed by atoms with Crippen molar-refractivity contribution in [1.29, 1.82) is 0 Å². The number of aromatic nitrogens is 4. The molecule has 2 heterocycles. The van der Waals surface area contributed by atoms with E-state index in [0.29, 0.717) is 11.3 Å². The molecule has 4 nitrogen and oxygen atoms in total. The van der Waals surface area contributed by atoms with Gasteiger partial charge in [0.25, 0.3) is 0 Å². The Morgan fingerprint density at radius 2 is 1.84 bits per heavy atom. The van der Waals surface area contributed by atoms with E-state index in [1.807, 2.05) is 53.1 Å². The molecule has 94 valence electrons. The monoisotopic (exact) mass is 268 g/mol. The third kappa shape index (κ3) is 2.46. The van der Waals surface area contributed by atoms with Crippen molar-refractivity contribution in [2.24, 2.45) is 0 Å². The average molecular weight is 268 g/mol. The van der Waals surface area contributed by atoms with Crippen molar-refractivity contribution in [1.82, 2.24) is 19.7 Å². The molecule has 0 aliphatic rings. The van der Waals surface area contributed by atoms with Crippen molar-refractivity contribution in [2.75, 3.05) is 0 Å². The van der Waals surface area contributed by atoms with Crippen LogP contribution < -0.4 is 0 Å². The van der Waals surface area contributed by atoms with Crippen molar-refractivity contribution < 1.29 is 0 Å². The Kier molecular flexibility index (Phi) is 3.20. The number of rotatable bonds is 3. The lowest BCUT2D eigenvalue weighted by molar-refractivity contribution is 0.767. The highest BCUT2D eigenvalue weighted by Crippen LogP contribution is 2.17. The zero-order valence-electron chi connectivity index (χ0n) is 10.2. The van der Waals surface area contributed by atoms with E-state index in [1.54, 1.807) is 6.20 Å². The summed E-state index contributed by atoms with van der Waals surface area (Å²) < 4.78 is 2.55. The number of nitrogens with zero attached hydrogens (tertiary/aromatic N) is 3. The van der Waals surface area contributed by atoms with Crippen molar-refractivity contribution in [2.45, 2.75) is 6.54 Å². The summed E-state index contributed by atoms with van der Waals surface area (Å²) in [5, 5.41) is 7.14. The predicted molar refractivity (Wildman–Crippen MR) is 76.2 cm³/mol. The minimum atomic E-state index is 0.601. The van der Waals surface area contributed by atoms with E-state index >= 15 is 0 Å². The number of hydrogen-bond donors (Lipinski definition) is 1. The second-order valence-corrected chi connectivity index (χ2v) is 4.51. The van der Waals surface area contributed by atoms with E-state index in [-0.39, 0.29) is 0 Å². The van der Waals surface area contributed by atoms with Crippen LogP contribution in [0.15, 0.2) is 54.7 Å². The number of pyridine rings is 1. The Hall–Kier alpha value is -2.27. The first-order valence-corrected chi connectivity index (χ1v) is 6.36. The SMILES string of the molecule is S=c1[nH]nc(-c2ccccc2)n1Cc1ccccn1. The van der Waals surface area contributed by atoms with Crippen molar-refractivity contribution in [3.63, 3.8) is 0 Å². The van der Waals surface area contributed by atoms with Crippen LogP contribution in [0.2, 0.25) is 0 Å². The molecule has 1 aromatic carbocycles. The molecular weight excluding hydrogens is 256 g/mol. The molecule has 3 rings (SSSR count). The van der Waals surface area contributed by atoms with Gasteiger partial charge in [-0.05, 0) is 24.4 Å². The van der Waals surface area contributed by atoms with Gasteiger partial charge in [0.2, 0.25) is 0 Å². The van der Waals surface area contributed by atoms with Crippen LogP contribution in [0.4, 0.5) is 0 Å². The van der Waals surface area contributed by atoms with E-state index in [9.17, 15) is 0 Å². The van der Waals surface area contributed by atoms with Crippen molar-refractivity contribution in [3.05, 3.63) is 65.2 Å². The van der Waals surface area contributed by atoms with Gasteiger partial charge >= 0.3 is 0 Å². The first kappa shape index (κ1) is 11.8. The minimum absolute atomic E-state index is 0.601. The lowest BCUT2D eigenvalue weighted by atomic mass is 10.2. The molecule has 0 spiro atoms. The number of aromatic amines is 1. The molecule has 0 bridgehead atoms. The topological polar surface area (TPSA) is 46.5 Å². The first-order valence-electron chi connectivity index (χ1n) is 5.95. The van der Waals surface area contributed by atoms with Crippen LogP contribution in [0, 0.1) is 4.77 Å². The molecule has 0 fully saturated rings. The number of H-pyrrole nitrogens is 1. The van der Waals surface area contributed by atoms with Gasteiger partial charge in [0.05, 0.1) is 12.2 Å². The average Bonchev–Trinajstić information content (AvgIpc) is 2.82. The summed E-state index contributed by atoms with van der Waals surface area (Å²) in [4.78, 5) is 4.32. The van der Waals surface area contributed by atoms with Crippen LogP contribution in [0.5, 0.6) is 0 Å². The van der Waals surface area contributed by atoms with Crippen LogP contribution in [0.3, 0.4) is 0 Å². The Bertz CT molecular complexity index is 716. The molecule has 0 aliphatic heterocycles. The molecule has 0 aliphatic carbocycles. The van der Waals surface area contributed by atoms with Crippen molar-refractivity contribution >= 4 is 12.2 Å². The van der Waals surface area contributed by atoms with E-state index in [4.69, 9.17) is 12.2 Å². The van der Waals surface area contributed by atoms with E-state index in [1.165, 1.54) is 0 Å². The van der Waals surface area contributed by atoms with Gasteiger partial charge in [0.1, 0.15) is 0 Å². The Balaban J connectivity index is 2.03. The fourth-order valence-electron chi connectivity index (χ4n) is 1.93. The van der Waals surface area contributed by atoms with E-state index in [0.717, 1.165) is 17.1 Å². The van der Waals surface area contributed by atoms with Crippen LogP contribution in [-0.2, 0) is 6.54 Å². The number of hydrogen-bond acceptors (Lipinski definition) is 3. The van der Waals surface area contributed by atoms with Gasteiger partial charge in [0, 0.05) is 11.8 Å². The van der Waals surface area contributed by atoms with Crippen LogP contribution in [-0.4, -0.2) is 19.7 Å². The molecule has 5 heteroatoms. The largest absolute Gasteiger partial charge is 0.294 e. The molecule has 0 unspecified atom stereocenters. The van der Waals surface area contributed by atoms with Gasteiger partial charge in [-0.1, -0.05) is 36.4 Å². The molecule has 0 radical (unpaired) electrons. The summed E-state index contributed by atoms with van der Waals surface area (Å²) in [7, 11) is 0. The quantitative estimate of drug-likeness (QED) is 0.743. The third-order valence-corrected chi connectivity index (χ3v) is 3.15. The Labute approximate surface area is 115 Å². The van der Waals surface area contributed by atoms with Gasteiger partial charge in [-0.2, -0.15) is 5.10 Å². The van der Waals surface area contributed by atoms with Gasteiger partial charge in [-0.3, -0.25) is 14.6 Å². The lowest BCUT2D eigenvalue weighted by Gasteiger charge is -2.06. The fourth-order valence-corrected chi connectivity index (χ4v) is 2.12. The highest BCUT2D eigenvalue weighted by molar-refractivity contribution is 7.71. The number of nitrogens with one attached hydrogen (secondary N) is 1. The Morgan fingerprint density at radius 1 is 1.05 bits per heavy atom. The molecule has 1 N–H and O–H groups in total. The molecular formula is C14H12N4S. The molecule has 3 aromatic rings. The van der Waals surface area contributed by atoms with E-state index in [2.05, 4.69) is 15.2 Å². The maximum absolute atomic E-state index is 5.29. The summed E-state index contributed by atoms with van der Waals surface area (Å²) in [5.41, 5.74) is 1.99. The summed E-state index contributed by atoms with van der Waals surface area (Å²) in [5.74, 6) is 0.830. The van der Waals surface area contributed by atoms with Crippen LogP contribution >= 0.6 is 12.2 Å². The summed E-state index contributed by atoms with van der Waals surface area (Å²) in [6, 6.07) is 15.8. The normalized spacial score (nSPS) is 10.5. The molecule has 19 heavy (non-hydrogen) atoms. The highest BCUT2D eigenvalue weighted by Gasteiger charge is 2.09. The smallest absolute Gasteiger partial charge is 0.195 e. The second kappa shape index (κ2) is 5.16. The maximum atomic E-state index is 5.29. The lowest BCUT2D eigenvalue weighted by Crippen LogP contribution is -2.03. The van der Waals surface area contributed by atoms with E-state index < -0.39 is 0 Å². The summed E-state index contributed by atoms with van der Waals surface area (Å²) >= 11 is 5.29. The molecule has 2 aromatic heterocycles. The first-order chi connectivity index (χ1) is 9.34. The molecule has 0 amide bonds. The maximum Gasteiger partial charge on any atom is 0.195 e. The fraction of sp³-hybridized carbons (Fsp3) is 0.0714. The van der Waals surface area contributed by atoms with Gasteiger partial charge in [-0.25, -0.2) is 0 Å². The van der Waals surface area contributed by atoms with Gasteiger partial charge in [-0.15, -0.1) is 0 Å². The Morgan fingerprint density at radius 3 is 2.58 bits per heavy atom. The molecule has 0 atom stereocenters. The zero-order chi connectivity index (χ0) is 13.1. The standard InChI is InChI=1S/C14H12N4S/c19-14-17-16-13(11-6-2-1-3-7-11)18(14)10-12-8-4-5-9-15-12/h1-9H,10H2,(H,17,19). The second-order valence-electron chi connectivity index (χ2n) is 4.13. The van der Waals surface area contributed by atoms with Gasteiger partial charge < -0.3 is 0 Å².